The number of phosphoric acid groups is 1. The fraction of sp³-hybridized carbons (Fsp3) is 0.647. The summed E-state index contributed by atoms with van der Waals surface area (Å²) in [6.07, 6.45) is 60.1. The molecule has 0 radical (unpaired) electrons. The first-order chi connectivity index (χ1) is 29.8. The Labute approximate surface area is 372 Å². The lowest BCUT2D eigenvalue weighted by molar-refractivity contribution is -0.161. The summed E-state index contributed by atoms with van der Waals surface area (Å²) < 4.78 is 32.8. The van der Waals surface area contributed by atoms with Gasteiger partial charge in [-0.25, -0.2) is 4.57 Å². The summed E-state index contributed by atoms with van der Waals surface area (Å²) in [5.74, 6) is -0.869. The molecule has 0 aliphatic carbocycles. The quantitative estimate of drug-likeness (QED) is 0.0266. The van der Waals surface area contributed by atoms with Crippen molar-refractivity contribution in [3.63, 3.8) is 0 Å². The summed E-state index contributed by atoms with van der Waals surface area (Å²) >= 11 is 0. The minimum atomic E-state index is -4.39. The highest BCUT2D eigenvalue weighted by Crippen LogP contribution is 2.43. The monoisotopic (exact) mass is 872 g/mol. The van der Waals surface area contributed by atoms with Crippen molar-refractivity contribution in [2.75, 3.05) is 26.4 Å². The second-order valence-corrected chi connectivity index (χ2v) is 16.7. The van der Waals surface area contributed by atoms with E-state index in [0.717, 1.165) is 109 Å². The predicted octanol–water partition coefficient (Wildman–Crippen LogP) is 14.2. The van der Waals surface area contributed by atoms with Gasteiger partial charge >= 0.3 is 19.8 Å². The minimum Gasteiger partial charge on any atom is -0.462 e. The molecule has 9 nitrogen and oxygen atoms in total. The first-order valence-corrected chi connectivity index (χ1v) is 25.2. The van der Waals surface area contributed by atoms with E-state index in [1.807, 2.05) is 0 Å². The summed E-state index contributed by atoms with van der Waals surface area (Å²) in [6, 6.07) is 0. The first-order valence-electron chi connectivity index (χ1n) is 23.7. The number of rotatable bonds is 43. The number of esters is 2. The van der Waals surface area contributed by atoms with Crippen LogP contribution in [0.15, 0.2) is 97.2 Å². The maximum atomic E-state index is 12.6. The number of carbonyl (C=O) groups is 2. The smallest absolute Gasteiger partial charge is 0.462 e. The number of unbranched alkanes of at least 4 members (excludes halogenated alkanes) is 14. The van der Waals surface area contributed by atoms with Gasteiger partial charge in [0.05, 0.1) is 13.2 Å². The number of nitrogens with two attached hydrogens (primary N) is 1. The van der Waals surface area contributed by atoms with E-state index in [9.17, 15) is 19.0 Å². The average Bonchev–Trinajstić information content (AvgIpc) is 3.25. The highest BCUT2D eigenvalue weighted by Gasteiger charge is 2.26. The van der Waals surface area contributed by atoms with Gasteiger partial charge in [-0.15, -0.1) is 0 Å². The Hall–Kier alpha value is -3.07. The molecule has 0 aliphatic heterocycles. The lowest BCUT2D eigenvalue weighted by atomic mass is 10.1. The molecule has 0 heterocycles. The van der Waals surface area contributed by atoms with Gasteiger partial charge < -0.3 is 20.1 Å². The van der Waals surface area contributed by atoms with Crippen LogP contribution in [0.25, 0.3) is 0 Å². The minimum absolute atomic E-state index is 0.0436. The third-order valence-corrected chi connectivity index (χ3v) is 10.4. The van der Waals surface area contributed by atoms with Crippen molar-refractivity contribution >= 4 is 19.8 Å². The second-order valence-electron chi connectivity index (χ2n) is 15.2. The van der Waals surface area contributed by atoms with E-state index in [2.05, 4.69) is 111 Å². The zero-order chi connectivity index (χ0) is 44.6. The molecule has 0 bridgehead atoms. The number of ether oxygens (including phenoxy) is 2. The van der Waals surface area contributed by atoms with Crippen molar-refractivity contribution in [1.29, 1.82) is 0 Å². The van der Waals surface area contributed by atoms with Crippen molar-refractivity contribution < 1.29 is 37.6 Å². The number of phosphoric ester groups is 1. The van der Waals surface area contributed by atoms with Crippen LogP contribution >= 0.6 is 7.82 Å². The maximum absolute atomic E-state index is 12.6. The summed E-state index contributed by atoms with van der Waals surface area (Å²) in [7, 11) is -4.39. The number of hydrogen-bond acceptors (Lipinski definition) is 8. The Bertz CT molecular complexity index is 1320. The van der Waals surface area contributed by atoms with E-state index in [0.29, 0.717) is 12.8 Å². The predicted molar refractivity (Wildman–Crippen MR) is 256 cm³/mol. The highest BCUT2D eigenvalue weighted by atomic mass is 31.2. The Morgan fingerprint density at radius 1 is 0.508 bits per heavy atom. The van der Waals surface area contributed by atoms with Gasteiger partial charge in [-0.3, -0.25) is 18.6 Å². The van der Waals surface area contributed by atoms with Gasteiger partial charge in [-0.2, -0.15) is 0 Å². The van der Waals surface area contributed by atoms with Gasteiger partial charge in [-0.05, 0) is 96.3 Å². The van der Waals surface area contributed by atoms with Gasteiger partial charge in [0, 0.05) is 19.4 Å². The van der Waals surface area contributed by atoms with E-state index < -0.39 is 32.5 Å². The van der Waals surface area contributed by atoms with Crippen molar-refractivity contribution in [3.05, 3.63) is 97.2 Å². The van der Waals surface area contributed by atoms with Crippen LogP contribution in [-0.2, 0) is 32.7 Å². The Morgan fingerprint density at radius 3 is 1.36 bits per heavy atom. The van der Waals surface area contributed by atoms with Crippen LogP contribution in [0.5, 0.6) is 0 Å². The van der Waals surface area contributed by atoms with Crippen LogP contribution in [0.2, 0.25) is 0 Å². The molecule has 0 aromatic heterocycles. The third-order valence-electron chi connectivity index (χ3n) is 9.45. The molecule has 0 saturated heterocycles. The molecular formula is C51H86NO8P. The Kier molecular flexibility index (Phi) is 44.1. The molecule has 0 aromatic rings. The van der Waals surface area contributed by atoms with E-state index in [1.165, 1.54) is 32.1 Å². The van der Waals surface area contributed by atoms with Crippen LogP contribution < -0.4 is 5.73 Å². The second kappa shape index (κ2) is 46.4. The fourth-order valence-electron chi connectivity index (χ4n) is 5.96. The molecule has 0 amide bonds. The van der Waals surface area contributed by atoms with Gasteiger partial charge in [0.1, 0.15) is 6.61 Å². The number of allylic oxidation sites excluding steroid dienone is 16. The van der Waals surface area contributed by atoms with Crippen molar-refractivity contribution in [2.45, 2.75) is 187 Å². The van der Waals surface area contributed by atoms with Gasteiger partial charge in [0.15, 0.2) is 6.10 Å². The standard InChI is InChI=1S/C51H86NO8P/c1-3-5-7-9-11-13-15-17-18-19-20-21-22-23-24-25-26-27-28-29-30-32-34-36-38-40-42-44-51(54)60-49(48-59-61(55,56)58-46-45-52)47-57-50(53)43-41-39-37-35-33-31-16-14-12-10-8-6-4-2/h5,7,11,13-14,16-18,20-21,23-24,26-27,29-30,49H,3-4,6,8-10,12,15,19,22,25,28,31-48,52H2,1-2H3,(H,55,56)/b7-5-,13-11-,16-14-,18-17-,21-20-,24-23-,27-26-,30-29-. The molecule has 10 heteroatoms. The number of hydrogen-bond donors (Lipinski definition) is 2. The summed E-state index contributed by atoms with van der Waals surface area (Å²) in [4.78, 5) is 34.9. The fourth-order valence-corrected chi connectivity index (χ4v) is 6.73. The molecule has 2 atom stereocenters. The SMILES string of the molecule is CC/C=C\C/C=C\C/C=C\C/C=C\C/C=C\C/C=C\C/C=C\CCCCCCCC(=O)OC(COC(=O)CCCCCCC/C=C\CCCCCC)COP(=O)(O)OCCN. The van der Waals surface area contributed by atoms with Crippen molar-refractivity contribution in [3.8, 4) is 0 Å². The highest BCUT2D eigenvalue weighted by molar-refractivity contribution is 7.47. The average molecular weight is 872 g/mol. The lowest BCUT2D eigenvalue weighted by Crippen LogP contribution is -2.29. The molecule has 3 N–H and O–H groups in total. The maximum Gasteiger partial charge on any atom is 0.472 e. The molecule has 0 saturated carbocycles. The van der Waals surface area contributed by atoms with Crippen LogP contribution in [0.3, 0.4) is 0 Å². The van der Waals surface area contributed by atoms with Gasteiger partial charge in [0.25, 0.3) is 0 Å². The largest absolute Gasteiger partial charge is 0.472 e. The molecule has 0 spiro atoms. The molecule has 0 rings (SSSR count). The van der Waals surface area contributed by atoms with Crippen LogP contribution in [0, 0.1) is 0 Å². The summed E-state index contributed by atoms with van der Waals surface area (Å²) in [5, 5.41) is 0. The molecule has 0 fully saturated rings. The summed E-state index contributed by atoms with van der Waals surface area (Å²) in [6.45, 7) is 3.55. The van der Waals surface area contributed by atoms with E-state index in [1.54, 1.807) is 0 Å². The normalized spacial score (nSPS) is 14.1. The van der Waals surface area contributed by atoms with Crippen molar-refractivity contribution in [2.24, 2.45) is 5.73 Å². The van der Waals surface area contributed by atoms with Gasteiger partial charge in [-0.1, -0.05) is 169 Å². The van der Waals surface area contributed by atoms with Crippen LogP contribution in [0.4, 0.5) is 0 Å². The first kappa shape index (κ1) is 57.9. The molecule has 0 aromatic carbocycles. The van der Waals surface area contributed by atoms with E-state index >= 15 is 0 Å². The summed E-state index contributed by atoms with van der Waals surface area (Å²) in [5.41, 5.74) is 5.35. The molecule has 348 valence electrons. The molecule has 2 unspecified atom stereocenters. The molecular weight excluding hydrogens is 786 g/mol. The third kappa shape index (κ3) is 46.3. The van der Waals surface area contributed by atoms with Crippen LogP contribution in [0.1, 0.15) is 181 Å². The Morgan fingerprint density at radius 2 is 0.902 bits per heavy atom. The number of carbonyl (C=O) groups excluding carboxylic acids is 2. The van der Waals surface area contributed by atoms with Gasteiger partial charge in [0.2, 0.25) is 0 Å². The zero-order valence-electron chi connectivity index (χ0n) is 38.4. The van der Waals surface area contributed by atoms with E-state index in [4.69, 9.17) is 24.3 Å². The van der Waals surface area contributed by atoms with E-state index in [-0.39, 0.29) is 32.6 Å². The lowest BCUT2D eigenvalue weighted by Gasteiger charge is -2.19. The zero-order valence-corrected chi connectivity index (χ0v) is 39.3. The Balaban J connectivity index is 4.16. The molecule has 61 heavy (non-hydrogen) atoms. The van der Waals surface area contributed by atoms with Crippen molar-refractivity contribution in [1.82, 2.24) is 0 Å². The molecule has 0 aliphatic rings. The van der Waals surface area contributed by atoms with Crippen LogP contribution in [-0.4, -0.2) is 49.3 Å². The topological polar surface area (TPSA) is 134 Å².